The molecule has 2 aromatic rings. The van der Waals surface area contributed by atoms with Crippen LogP contribution in [0.4, 0.5) is 10.3 Å². The van der Waals surface area contributed by atoms with Crippen molar-refractivity contribution in [2.45, 2.75) is 32.0 Å². The molecule has 0 atom stereocenters. The molecule has 0 aliphatic carbocycles. The normalized spacial score (nSPS) is 17.6. The average molecular weight is 303 g/mol. The number of alkyl halides is 1. The summed E-state index contributed by atoms with van der Waals surface area (Å²) >= 11 is 0. The molecule has 0 aromatic carbocycles. The fraction of sp³-hybridized carbons (Fsp3) is 0.500. The number of hydrogen-bond donors (Lipinski definition) is 2. The maximum Gasteiger partial charge on any atom is 0.202 e. The van der Waals surface area contributed by atoms with Gasteiger partial charge in [0.15, 0.2) is 0 Å². The van der Waals surface area contributed by atoms with Crippen molar-refractivity contribution in [2.24, 2.45) is 0 Å². The number of aryl methyl sites for hydroxylation is 1. The number of anilines is 1. The lowest BCUT2D eigenvalue weighted by molar-refractivity contribution is 0.122. The summed E-state index contributed by atoms with van der Waals surface area (Å²) in [6.45, 7) is 4.36. The van der Waals surface area contributed by atoms with Gasteiger partial charge < -0.3 is 15.2 Å². The van der Waals surface area contributed by atoms with Crippen molar-refractivity contribution in [3.63, 3.8) is 0 Å². The van der Waals surface area contributed by atoms with Crippen molar-refractivity contribution in [2.75, 3.05) is 24.5 Å². The summed E-state index contributed by atoms with van der Waals surface area (Å²) in [5.74, 6) is 0.832. The van der Waals surface area contributed by atoms with Gasteiger partial charge in [0.1, 0.15) is 5.67 Å². The van der Waals surface area contributed by atoms with Crippen LogP contribution in [0.1, 0.15) is 24.1 Å². The molecule has 22 heavy (non-hydrogen) atoms. The lowest BCUT2D eigenvalue weighted by Crippen LogP contribution is -2.47. The van der Waals surface area contributed by atoms with E-state index in [4.69, 9.17) is 0 Å². The smallest absolute Gasteiger partial charge is 0.202 e. The third kappa shape index (κ3) is 3.62. The van der Waals surface area contributed by atoms with Gasteiger partial charge in [-0.3, -0.25) is 4.98 Å². The van der Waals surface area contributed by atoms with Crippen LogP contribution in [0.3, 0.4) is 0 Å². The predicted octanol–water partition coefficient (Wildman–Crippen LogP) is 2.21. The number of aromatic nitrogens is 3. The summed E-state index contributed by atoms with van der Waals surface area (Å²) in [5.41, 5.74) is 0.937. The minimum atomic E-state index is -1.15. The summed E-state index contributed by atoms with van der Waals surface area (Å²) < 4.78 is 14.8. The molecule has 0 radical (unpaired) electrons. The zero-order valence-electron chi connectivity index (χ0n) is 12.8. The molecule has 1 saturated heterocycles. The molecule has 3 rings (SSSR count). The van der Waals surface area contributed by atoms with Gasteiger partial charge in [0, 0.05) is 57.6 Å². The first-order valence-electron chi connectivity index (χ1n) is 7.70. The summed E-state index contributed by atoms with van der Waals surface area (Å²) in [7, 11) is 0. The van der Waals surface area contributed by atoms with E-state index in [1.54, 1.807) is 12.4 Å². The fourth-order valence-electron chi connectivity index (χ4n) is 2.74. The fourth-order valence-corrected chi connectivity index (χ4v) is 2.74. The van der Waals surface area contributed by atoms with Gasteiger partial charge in [-0.05, 0) is 18.6 Å². The minimum Gasteiger partial charge on any atom is -0.342 e. The van der Waals surface area contributed by atoms with Gasteiger partial charge >= 0.3 is 0 Å². The number of imidazole rings is 1. The topological polar surface area (TPSA) is 56.8 Å². The molecule has 118 valence electrons. The first-order chi connectivity index (χ1) is 10.6. The molecule has 0 amide bonds. The zero-order valence-corrected chi connectivity index (χ0v) is 12.8. The average Bonchev–Trinajstić information content (AvgIpc) is 3.04. The molecule has 0 spiro atoms. The van der Waals surface area contributed by atoms with Crippen LogP contribution in [0.15, 0.2) is 30.7 Å². The highest BCUT2D eigenvalue weighted by atomic mass is 19.1. The summed E-state index contributed by atoms with van der Waals surface area (Å²) in [6, 6.07) is 4.00. The van der Waals surface area contributed by atoms with Crippen LogP contribution in [0, 0.1) is 6.92 Å². The van der Waals surface area contributed by atoms with E-state index in [1.165, 1.54) is 0 Å². The van der Waals surface area contributed by atoms with Crippen LogP contribution in [-0.2, 0) is 6.54 Å². The summed E-state index contributed by atoms with van der Waals surface area (Å²) in [4.78, 5) is 13.7. The van der Waals surface area contributed by atoms with Crippen molar-refractivity contribution >= 4 is 5.95 Å². The van der Waals surface area contributed by atoms with Gasteiger partial charge in [0.05, 0.1) is 5.69 Å². The van der Waals surface area contributed by atoms with Gasteiger partial charge in [0.25, 0.3) is 0 Å². The number of H-pyrrole nitrogens is 1. The molecule has 1 aliphatic heterocycles. The highest BCUT2D eigenvalue weighted by Crippen LogP contribution is 2.27. The Kier molecular flexibility index (Phi) is 4.38. The maximum absolute atomic E-state index is 14.8. The van der Waals surface area contributed by atoms with Gasteiger partial charge in [-0.15, -0.1) is 0 Å². The number of nitrogens with one attached hydrogen (secondary N) is 2. The second-order valence-electron chi connectivity index (χ2n) is 5.98. The third-order valence-electron chi connectivity index (χ3n) is 4.16. The van der Waals surface area contributed by atoms with Gasteiger partial charge in [-0.2, -0.15) is 0 Å². The summed E-state index contributed by atoms with van der Waals surface area (Å²) in [6.07, 6.45) is 6.39. The second kappa shape index (κ2) is 6.44. The zero-order chi connectivity index (χ0) is 15.4. The number of nitrogens with zero attached hydrogens (tertiary/aromatic N) is 3. The van der Waals surface area contributed by atoms with Crippen molar-refractivity contribution in [3.8, 4) is 0 Å². The number of halogens is 1. The van der Waals surface area contributed by atoms with Crippen LogP contribution in [0.25, 0.3) is 0 Å². The van der Waals surface area contributed by atoms with Gasteiger partial charge in [-0.1, -0.05) is 6.07 Å². The first kappa shape index (κ1) is 15.0. The SMILES string of the molecule is Cc1ccc(CNCC2(F)CCN(c3ncc[nH]3)CC2)nc1. The Morgan fingerprint density at radius 2 is 2.14 bits per heavy atom. The van der Waals surface area contributed by atoms with E-state index in [1.807, 2.05) is 25.3 Å². The van der Waals surface area contributed by atoms with Gasteiger partial charge in [-0.25, -0.2) is 9.37 Å². The highest BCUT2D eigenvalue weighted by Gasteiger charge is 2.34. The van der Waals surface area contributed by atoms with Crippen LogP contribution in [0.5, 0.6) is 0 Å². The molecule has 5 nitrogen and oxygen atoms in total. The molecule has 0 saturated carbocycles. The molecule has 1 aliphatic rings. The Hall–Kier alpha value is -1.95. The van der Waals surface area contributed by atoms with E-state index in [2.05, 4.69) is 25.2 Å². The maximum atomic E-state index is 14.8. The molecule has 1 fully saturated rings. The quantitative estimate of drug-likeness (QED) is 0.889. The van der Waals surface area contributed by atoms with Crippen LogP contribution < -0.4 is 10.2 Å². The van der Waals surface area contributed by atoms with Crippen molar-refractivity contribution in [3.05, 3.63) is 42.0 Å². The Morgan fingerprint density at radius 3 is 2.77 bits per heavy atom. The molecule has 6 heteroatoms. The van der Waals surface area contributed by atoms with E-state index < -0.39 is 5.67 Å². The predicted molar refractivity (Wildman–Crippen MR) is 84.6 cm³/mol. The highest BCUT2D eigenvalue weighted by molar-refractivity contribution is 5.30. The van der Waals surface area contributed by atoms with E-state index >= 15 is 0 Å². The molecule has 3 heterocycles. The van der Waals surface area contributed by atoms with E-state index in [0.717, 1.165) is 17.2 Å². The van der Waals surface area contributed by atoms with E-state index in [9.17, 15) is 4.39 Å². The third-order valence-corrected chi connectivity index (χ3v) is 4.16. The van der Waals surface area contributed by atoms with Gasteiger partial charge in [0.2, 0.25) is 5.95 Å². The standard InChI is InChI=1S/C16H22FN5/c1-13-2-3-14(21-10-13)11-18-12-16(17)4-8-22(9-5-16)15-19-6-7-20-15/h2-3,6-7,10,18H,4-5,8-9,11-12H2,1H3,(H,19,20). The van der Waals surface area contributed by atoms with Crippen molar-refractivity contribution in [1.82, 2.24) is 20.3 Å². The number of aromatic amines is 1. The monoisotopic (exact) mass is 303 g/mol. The number of piperidine rings is 1. The Labute approximate surface area is 130 Å². The molecule has 2 N–H and O–H groups in total. The largest absolute Gasteiger partial charge is 0.342 e. The Balaban J connectivity index is 1.46. The first-order valence-corrected chi connectivity index (χ1v) is 7.70. The van der Waals surface area contributed by atoms with Crippen LogP contribution in [0.2, 0.25) is 0 Å². The summed E-state index contributed by atoms with van der Waals surface area (Å²) in [5, 5.41) is 3.20. The molecule has 0 bridgehead atoms. The lowest BCUT2D eigenvalue weighted by atomic mass is 9.93. The number of pyridine rings is 1. The Bertz CT molecular complexity index is 573. The van der Waals surface area contributed by atoms with E-state index in [0.29, 0.717) is 39.0 Å². The van der Waals surface area contributed by atoms with Crippen LogP contribution in [-0.4, -0.2) is 40.3 Å². The minimum absolute atomic E-state index is 0.370. The number of rotatable bonds is 5. The molecule has 2 aromatic heterocycles. The second-order valence-corrected chi connectivity index (χ2v) is 5.98. The van der Waals surface area contributed by atoms with E-state index in [-0.39, 0.29) is 0 Å². The lowest BCUT2D eigenvalue weighted by Gasteiger charge is -2.36. The van der Waals surface area contributed by atoms with Crippen LogP contribution >= 0.6 is 0 Å². The number of hydrogen-bond acceptors (Lipinski definition) is 4. The molecular formula is C16H22FN5. The molecular weight excluding hydrogens is 281 g/mol. The van der Waals surface area contributed by atoms with Crippen molar-refractivity contribution in [1.29, 1.82) is 0 Å². The molecule has 0 unspecified atom stereocenters. The van der Waals surface area contributed by atoms with Crippen molar-refractivity contribution < 1.29 is 4.39 Å². The Morgan fingerprint density at radius 1 is 1.32 bits per heavy atom.